The van der Waals surface area contributed by atoms with E-state index in [2.05, 4.69) is 15.3 Å². The Morgan fingerprint density at radius 1 is 1.47 bits per heavy atom. The van der Waals surface area contributed by atoms with E-state index in [-0.39, 0.29) is 11.2 Å². The molecule has 2 N–H and O–H groups in total. The molecule has 1 aromatic heterocycles. The van der Waals surface area contributed by atoms with Gasteiger partial charge in [-0.3, -0.25) is 4.79 Å². The molecular weight excluding hydrogens is 282 g/mol. The minimum Gasteiger partial charge on any atom is -0.348 e. The first-order chi connectivity index (χ1) is 9.15. The van der Waals surface area contributed by atoms with Crippen molar-refractivity contribution in [2.75, 3.05) is 0 Å². The SMILES string of the molecule is CC(Sc1ccc(Cl)cc1)C(=O)NCc1ncc[nH]1. The van der Waals surface area contributed by atoms with Gasteiger partial charge in [0, 0.05) is 22.3 Å². The van der Waals surface area contributed by atoms with Crippen LogP contribution in [0.2, 0.25) is 5.02 Å². The zero-order chi connectivity index (χ0) is 13.7. The summed E-state index contributed by atoms with van der Waals surface area (Å²) in [6.07, 6.45) is 3.39. The summed E-state index contributed by atoms with van der Waals surface area (Å²) in [6.45, 7) is 2.29. The van der Waals surface area contributed by atoms with E-state index in [9.17, 15) is 4.79 Å². The number of nitrogens with one attached hydrogen (secondary N) is 2. The highest BCUT2D eigenvalue weighted by atomic mass is 35.5. The number of carbonyl (C=O) groups is 1. The Hall–Kier alpha value is -1.46. The Morgan fingerprint density at radius 2 is 2.21 bits per heavy atom. The Kier molecular flexibility index (Phi) is 4.87. The smallest absolute Gasteiger partial charge is 0.233 e. The second-order valence-corrected chi connectivity index (χ2v) is 5.82. The molecule has 0 aliphatic heterocycles. The fourth-order valence-corrected chi connectivity index (χ4v) is 2.50. The van der Waals surface area contributed by atoms with Crippen molar-refractivity contribution < 1.29 is 4.79 Å². The Bertz CT molecular complexity index is 527. The van der Waals surface area contributed by atoms with Gasteiger partial charge in [-0.2, -0.15) is 0 Å². The van der Waals surface area contributed by atoms with Gasteiger partial charge in [-0.1, -0.05) is 11.6 Å². The van der Waals surface area contributed by atoms with Crippen LogP contribution in [0.4, 0.5) is 0 Å². The molecule has 0 bridgehead atoms. The molecule has 0 fully saturated rings. The maximum Gasteiger partial charge on any atom is 0.233 e. The number of benzene rings is 1. The molecule has 0 saturated heterocycles. The molecule has 1 atom stereocenters. The van der Waals surface area contributed by atoms with E-state index in [4.69, 9.17) is 11.6 Å². The first kappa shape index (κ1) is 14.0. The molecule has 1 unspecified atom stereocenters. The molecule has 1 amide bonds. The molecule has 0 aliphatic rings. The number of imidazole rings is 1. The van der Waals surface area contributed by atoms with E-state index < -0.39 is 0 Å². The Labute approximate surface area is 121 Å². The van der Waals surface area contributed by atoms with Gasteiger partial charge < -0.3 is 10.3 Å². The molecule has 2 rings (SSSR count). The van der Waals surface area contributed by atoms with E-state index in [0.29, 0.717) is 11.6 Å². The molecular formula is C13H14ClN3OS. The van der Waals surface area contributed by atoms with Crippen LogP contribution in [0.1, 0.15) is 12.7 Å². The van der Waals surface area contributed by atoms with Crippen LogP contribution in [0.25, 0.3) is 0 Å². The number of amides is 1. The van der Waals surface area contributed by atoms with Gasteiger partial charge in [-0.25, -0.2) is 4.98 Å². The minimum absolute atomic E-state index is 0.0173. The quantitative estimate of drug-likeness (QED) is 0.834. The second-order valence-electron chi connectivity index (χ2n) is 3.97. The Morgan fingerprint density at radius 3 is 2.84 bits per heavy atom. The lowest BCUT2D eigenvalue weighted by Crippen LogP contribution is -2.30. The van der Waals surface area contributed by atoms with E-state index >= 15 is 0 Å². The second kappa shape index (κ2) is 6.63. The number of rotatable bonds is 5. The molecule has 100 valence electrons. The summed E-state index contributed by atoms with van der Waals surface area (Å²) in [4.78, 5) is 19.9. The molecule has 0 saturated carbocycles. The third-order valence-corrected chi connectivity index (χ3v) is 3.84. The van der Waals surface area contributed by atoms with E-state index in [1.165, 1.54) is 11.8 Å². The largest absolute Gasteiger partial charge is 0.348 e. The highest BCUT2D eigenvalue weighted by Gasteiger charge is 2.14. The van der Waals surface area contributed by atoms with Crippen LogP contribution in [0.5, 0.6) is 0 Å². The van der Waals surface area contributed by atoms with Crippen molar-refractivity contribution in [3.63, 3.8) is 0 Å². The van der Waals surface area contributed by atoms with Gasteiger partial charge in [0.25, 0.3) is 0 Å². The maximum absolute atomic E-state index is 11.9. The van der Waals surface area contributed by atoms with Gasteiger partial charge in [0.05, 0.1) is 11.8 Å². The van der Waals surface area contributed by atoms with Gasteiger partial charge in [0.15, 0.2) is 0 Å². The first-order valence-corrected chi connectivity index (χ1v) is 7.09. The monoisotopic (exact) mass is 295 g/mol. The van der Waals surface area contributed by atoms with Gasteiger partial charge in [-0.05, 0) is 31.2 Å². The van der Waals surface area contributed by atoms with Crippen LogP contribution < -0.4 is 5.32 Å². The molecule has 19 heavy (non-hydrogen) atoms. The fourth-order valence-electron chi connectivity index (χ4n) is 1.48. The molecule has 0 spiro atoms. The third kappa shape index (κ3) is 4.29. The van der Waals surface area contributed by atoms with Crippen molar-refractivity contribution >= 4 is 29.3 Å². The zero-order valence-electron chi connectivity index (χ0n) is 10.4. The standard InChI is InChI=1S/C13H14ClN3OS/c1-9(19-11-4-2-10(14)3-5-11)13(18)17-8-12-15-6-7-16-12/h2-7,9H,8H2,1H3,(H,15,16)(H,17,18). The predicted octanol–water partition coefficient (Wildman–Crippen LogP) is 2.86. The van der Waals surface area contributed by atoms with Crippen molar-refractivity contribution in [1.29, 1.82) is 0 Å². The number of H-pyrrole nitrogens is 1. The van der Waals surface area contributed by atoms with Crippen LogP contribution in [-0.4, -0.2) is 21.1 Å². The number of hydrogen-bond acceptors (Lipinski definition) is 3. The molecule has 0 radical (unpaired) electrons. The number of carbonyl (C=O) groups excluding carboxylic acids is 1. The first-order valence-electron chi connectivity index (χ1n) is 5.83. The molecule has 1 aromatic carbocycles. The van der Waals surface area contributed by atoms with Gasteiger partial charge in [-0.15, -0.1) is 11.8 Å². The third-order valence-electron chi connectivity index (χ3n) is 2.48. The maximum atomic E-state index is 11.9. The number of aromatic nitrogens is 2. The zero-order valence-corrected chi connectivity index (χ0v) is 12.0. The summed E-state index contributed by atoms with van der Waals surface area (Å²) in [7, 11) is 0. The average molecular weight is 296 g/mol. The lowest BCUT2D eigenvalue weighted by molar-refractivity contribution is -0.120. The molecule has 1 heterocycles. The average Bonchev–Trinajstić information content (AvgIpc) is 2.91. The molecule has 4 nitrogen and oxygen atoms in total. The predicted molar refractivity (Wildman–Crippen MR) is 77.2 cm³/mol. The van der Waals surface area contributed by atoms with Crippen molar-refractivity contribution in [1.82, 2.24) is 15.3 Å². The van der Waals surface area contributed by atoms with Gasteiger partial charge >= 0.3 is 0 Å². The number of nitrogens with zero attached hydrogens (tertiary/aromatic N) is 1. The summed E-state index contributed by atoms with van der Waals surface area (Å²) in [5, 5.41) is 3.36. The molecule has 2 aromatic rings. The van der Waals surface area contributed by atoms with Crippen LogP contribution in [0.3, 0.4) is 0 Å². The summed E-state index contributed by atoms with van der Waals surface area (Å²) in [5.41, 5.74) is 0. The van der Waals surface area contributed by atoms with Crippen molar-refractivity contribution in [3.05, 3.63) is 47.5 Å². The lowest BCUT2D eigenvalue weighted by atomic mass is 10.4. The molecule has 6 heteroatoms. The number of halogens is 1. The number of aromatic amines is 1. The van der Waals surface area contributed by atoms with Crippen LogP contribution in [0, 0.1) is 0 Å². The highest BCUT2D eigenvalue weighted by Crippen LogP contribution is 2.24. The number of hydrogen-bond donors (Lipinski definition) is 2. The summed E-state index contributed by atoms with van der Waals surface area (Å²) in [5.74, 6) is 0.730. The fraction of sp³-hybridized carbons (Fsp3) is 0.231. The summed E-state index contributed by atoms with van der Waals surface area (Å²) < 4.78 is 0. The Balaban J connectivity index is 1.83. The van der Waals surface area contributed by atoms with Crippen molar-refractivity contribution in [2.24, 2.45) is 0 Å². The topological polar surface area (TPSA) is 57.8 Å². The molecule has 0 aliphatic carbocycles. The van der Waals surface area contributed by atoms with E-state index in [0.717, 1.165) is 10.7 Å². The summed E-state index contributed by atoms with van der Waals surface area (Å²) in [6, 6.07) is 7.45. The lowest BCUT2D eigenvalue weighted by Gasteiger charge is -2.11. The van der Waals surface area contributed by atoms with Gasteiger partial charge in [0.2, 0.25) is 5.91 Å². The van der Waals surface area contributed by atoms with Crippen LogP contribution in [-0.2, 0) is 11.3 Å². The van der Waals surface area contributed by atoms with Crippen molar-refractivity contribution in [2.45, 2.75) is 23.6 Å². The normalized spacial score (nSPS) is 12.1. The highest BCUT2D eigenvalue weighted by molar-refractivity contribution is 8.00. The van der Waals surface area contributed by atoms with Crippen LogP contribution >= 0.6 is 23.4 Å². The van der Waals surface area contributed by atoms with Crippen molar-refractivity contribution in [3.8, 4) is 0 Å². The summed E-state index contributed by atoms with van der Waals surface area (Å²) >= 11 is 7.31. The van der Waals surface area contributed by atoms with Crippen LogP contribution in [0.15, 0.2) is 41.6 Å². The van der Waals surface area contributed by atoms with Gasteiger partial charge in [0.1, 0.15) is 5.82 Å². The van der Waals surface area contributed by atoms with E-state index in [1.807, 2.05) is 31.2 Å². The van der Waals surface area contributed by atoms with E-state index in [1.54, 1.807) is 12.4 Å². The number of thioether (sulfide) groups is 1. The minimum atomic E-state index is -0.170.